The van der Waals surface area contributed by atoms with Gasteiger partial charge < -0.3 is 25.4 Å². The SMILES string of the molecule is Nc1ncnc2c1ncn2[C@@H]1O[C@H](COc2cccc3ccccc23)[C@@H](O)[C@H]1O. The number of nitrogens with zero attached hydrogens (tertiary/aromatic N) is 4. The fraction of sp³-hybridized carbons (Fsp3) is 0.250. The van der Waals surface area contributed by atoms with Crippen molar-refractivity contribution >= 4 is 27.8 Å². The first-order valence-electron chi connectivity index (χ1n) is 9.18. The molecule has 5 rings (SSSR count). The van der Waals surface area contributed by atoms with Crippen LogP contribution in [0.3, 0.4) is 0 Å². The zero-order valence-electron chi connectivity index (χ0n) is 15.3. The molecular weight excluding hydrogens is 374 g/mol. The van der Waals surface area contributed by atoms with Crippen LogP contribution in [-0.2, 0) is 4.74 Å². The molecule has 2 aromatic heterocycles. The minimum Gasteiger partial charge on any atom is -0.490 e. The van der Waals surface area contributed by atoms with Crippen LogP contribution in [0.15, 0.2) is 55.1 Å². The molecule has 1 aliphatic rings. The van der Waals surface area contributed by atoms with Crippen molar-refractivity contribution in [1.82, 2.24) is 19.5 Å². The number of rotatable bonds is 4. The van der Waals surface area contributed by atoms with Gasteiger partial charge in [0, 0.05) is 5.39 Å². The van der Waals surface area contributed by atoms with Crippen LogP contribution in [0.25, 0.3) is 21.9 Å². The number of nitrogen functional groups attached to an aromatic ring is 1. The van der Waals surface area contributed by atoms with Gasteiger partial charge in [0.2, 0.25) is 0 Å². The maximum absolute atomic E-state index is 10.5. The van der Waals surface area contributed by atoms with Crippen LogP contribution in [0.1, 0.15) is 6.23 Å². The average Bonchev–Trinajstić information content (AvgIpc) is 3.29. The van der Waals surface area contributed by atoms with Crippen molar-refractivity contribution < 1.29 is 19.7 Å². The van der Waals surface area contributed by atoms with Gasteiger partial charge in [0.25, 0.3) is 0 Å². The van der Waals surface area contributed by atoms with Crippen molar-refractivity contribution in [3.63, 3.8) is 0 Å². The summed E-state index contributed by atoms with van der Waals surface area (Å²) in [7, 11) is 0. The molecule has 0 unspecified atom stereocenters. The van der Waals surface area contributed by atoms with E-state index in [-0.39, 0.29) is 12.4 Å². The summed E-state index contributed by atoms with van der Waals surface area (Å²) in [5.41, 5.74) is 6.65. The summed E-state index contributed by atoms with van der Waals surface area (Å²) < 4.78 is 13.4. The number of ether oxygens (including phenoxy) is 2. The number of imidazole rings is 1. The summed E-state index contributed by atoms with van der Waals surface area (Å²) in [5.74, 6) is 0.919. The Morgan fingerprint density at radius 1 is 1.03 bits per heavy atom. The molecule has 3 heterocycles. The van der Waals surface area contributed by atoms with E-state index >= 15 is 0 Å². The first kappa shape index (κ1) is 17.8. The van der Waals surface area contributed by atoms with E-state index in [1.807, 2.05) is 42.5 Å². The van der Waals surface area contributed by atoms with Crippen LogP contribution in [0.5, 0.6) is 5.75 Å². The lowest BCUT2D eigenvalue weighted by Gasteiger charge is -2.17. The normalized spacial score (nSPS) is 24.3. The predicted octanol–water partition coefficient (Wildman–Crippen LogP) is 1.26. The Kier molecular flexibility index (Phi) is 4.27. The molecule has 0 saturated carbocycles. The van der Waals surface area contributed by atoms with E-state index in [2.05, 4.69) is 15.0 Å². The summed E-state index contributed by atoms with van der Waals surface area (Å²) >= 11 is 0. The van der Waals surface area contributed by atoms with Crippen molar-refractivity contribution in [3.8, 4) is 5.75 Å². The van der Waals surface area contributed by atoms with Gasteiger partial charge in [-0.15, -0.1) is 0 Å². The Morgan fingerprint density at radius 2 is 1.86 bits per heavy atom. The van der Waals surface area contributed by atoms with E-state index in [1.165, 1.54) is 12.7 Å². The van der Waals surface area contributed by atoms with Gasteiger partial charge in [0.05, 0.1) is 6.33 Å². The smallest absolute Gasteiger partial charge is 0.167 e. The molecule has 9 nitrogen and oxygen atoms in total. The molecule has 1 saturated heterocycles. The second-order valence-electron chi connectivity index (χ2n) is 6.92. The molecule has 4 N–H and O–H groups in total. The third-order valence-electron chi connectivity index (χ3n) is 5.15. The molecule has 0 radical (unpaired) electrons. The van der Waals surface area contributed by atoms with Crippen molar-refractivity contribution in [3.05, 3.63) is 55.1 Å². The maximum atomic E-state index is 10.5. The Labute approximate surface area is 165 Å². The van der Waals surface area contributed by atoms with Gasteiger partial charge in [0.1, 0.15) is 42.5 Å². The largest absolute Gasteiger partial charge is 0.490 e. The summed E-state index contributed by atoms with van der Waals surface area (Å²) in [5, 5.41) is 23.1. The third kappa shape index (κ3) is 2.96. The Morgan fingerprint density at radius 3 is 2.76 bits per heavy atom. The molecule has 1 fully saturated rings. The van der Waals surface area contributed by atoms with Crippen LogP contribution in [0, 0.1) is 0 Å². The topological polar surface area (TPSA) is 129 Å². The molecule has 148 valence electrons. The minimum atomic E-state index is -1.18. The number of nitrogens with two attached hydrogens (primary N) is 1. The number of aliphatic hydroxyl groups is 2. The number of benzene rings is 2. The summed E-state index contributed by atoms with van der Waals surface area (Å²) in [6, 6.07) is 13.6. The number of aliphatic hydroxyl groups excluding tert-OH is 2. The van der Waals surface area contributed by atoms with Crippen LogP contribution in [0.4, 0.5) is 5.82 Å². The van der Waals surface area contributed by atoms with Gasteiger partial charge in [-0.2, -0.15) is 0 Å². The molecule has 4 aromatic rings. The quantitative estimate of drug-likeness (QED) is 0.473. The monoisotopic (exact) mass is 393 g/mol. The lowest BCUT2D eigenvalue weighted by Crippen LogP contribution is -2.34. The fourth-order valence-corrected chi connectivity index (χ4v) is 3.65. The molecule has 0 aliphatic carbocycles. The van der Waals surface area contributed by atoms with Gasteiger partial charge in [-0.05, 0) is 11.5 Å². The molecule has 2 aromatic carbocycles. The average molecular weight is 393 g/mol. The number of hydrogen-bond donors (Lipinski definition) is 3. The summed E-state index contributed by atoms with van der Waals surface area (Å²) in [6.45, 7) is 0.0759. The molecule has 0 spiro atoms. The number of anilines is 1. The third-order valence-corrected chi connectivity index (χ3v) is 5.15. The Hall–Kier alpha value is -3.27. The minimum absolute atomic E-state index is 0.0759. The van der Waals surface area contributed by atoms with Crippen LogP contribution in [-0.4, -0.2) is 54.7 Å². The first-order chi connectivity index (χ1) is 14.1. The molecular formula is C20H19N5O4. The van der Waals surface area contributed by atoms with Crippen molar-refractivity contribution in [1.29, 1.82) is 0 Å². The van der Waals surface area contributed by atoms with E-state index in [9.17, 15) is 10.2 Å². The molecule has 9 heteroatoms. The highest BCUT2D eigenvalue weighted by molar-refractivity contribution is 5.88. The van der Waals surface area contributed by atoms with Gasteiger partial charge in [-0.1, -0.05) is 36.4 Å². The van der Waals surface area contributed by atoms with Crippen LogP contribution >= 0.6 is 0 Å². The van der Waals surface area contributed by atoms with E-state index in [4.69, 9.17) is 15.2 Å². The molecule has 29 heavy (non-hydrogen) atoms. The van der Waals surface area contributed by atoms with Gasteiger partial charge >= 0.3 is 0 Å². The van der Waals surface area contributed by atoms with Crippen molar-refractivity contribution in [2.24, 2.45) is 0 Å². The fourth-order valence-electron chi connectivity index (χ4n) is 3.65. The van der Waals surface area contributed by atoms with Crippen LogP contribution < -0.4 is 10.5 Å². The first-order valence-corrected chi connectivity index (χ1v) is 9.18. The molecule has 1 aliphatic heterocycles. The van der Waals surface area contributed by atoms with Crippen molar-refractivity contribution in [2.75, 3.05) is 12.3 Å². The van der Waals surface area contributed by atoms with Gasteiger partial charge in [-0.3, -0.25) is 4.57 Å². The van der Waals surface area contributed by atoms with Crippen molar-refractivity contribution in [2.45, 2.75) is 24.5 Å². The second-order valence-corrected chi connectivity index (χ2v) is 6.92. The lowest BCUT2D eigenvalue weighted by atomic mass is 10.1. The van der Waals surface area contributed by atoms with E-state index in [0.717, 1.165) is 10.8 Å². The second kappa shape index (κ2) is 6.96. The van der Waals surface area contributed by atoms with Gasteiger partial charge in [-0.25, -0.2) is 15.0 Å². The van der Waals surface area contributed by atoms with E-state index < -0.39 is 24.5 Å². The Balaban J connectivity index is 1.38. The lowest BCUT2D eigenvalue weighted by molar-refractivity contribution is -0.0473. The Bertz CT molecular complexity index is 1170. The summed E-state index contributed by atoms with van der Waals surface area (Å²) in [4.78, 5) is 12.3. The highest BCUT2D eigenvalue weighted by atomic mass is 16.6. The van der Waals surface area contributed by atoms with E-state index in [0.29, 0.717) is 16.9 Å². The molecule has 0 amide bonds. The predicted molar refractivity (Wildman–Crippen MR) is 105 cm³/mol. The zero-order chi connectivity index (χ0) is 20.0. The standard InChI is InChI=1S/C20H19N5O4/c21-18-15-19(23-9-22-18)25(10-24-15)20-17(27)16(26)14(29-20)8-28-13-7-3-5-11-4-1-2-6-12(11)13/h1-7,9-10,14,16-17,20,26-27H,8H2,(H2,21,22,23)/t14-,16-,17-,20-/m1/s1. The number of hydrogen-bond acceptors (Lipinski definition) is 8. The zero-order valence-corrected chi connectivity index (χ0v) is 15.3. The highest BCUT2D eigenvalue weighted by Crippen LogP contribution is 2.33. The highest BCUT2D eigenvalue weighted by Gasteiger charge is 2.44. The summed E-state index contributed by atoms with van der Waals surface area (Å²) in [6.07, 6.45) is -1.13. The number of fused-ring (bicyclic) bond motifs is 2. The van der Waals surface area contributed by atoms with Crippen LogP contribution in [0.2, 0.25) is 0 Å². The maximum Gasteiger partial charge on any atom is 0.167 e. The van der Waals surface area contributed by atoms with Gasteiger partial charge in [0.15, 0.2) is 17.7 Å². The van der Waals surface area contributed by atoms with E-state index in [1.54, 1.807) is 4.57 Å². The molecule has 0 bridgehead atoms. The molecule has 4 atom stereocenters. The number of aromatic nitrogens is 4.